The molecular weight excluding hydrogens is 270 g/mol. The number of carbonyl (C=O) groups is 1. The monoisotopic (exact) mass is 293 g/mol. The Morgan fingerprint density at radius 3 is 2.57 bits per heavy atom. The fourth-order valence-electron chi connectivity index (χ4n) is 2.43. The van der Waals surface area contributed by atoms with Gasteiger partial charge in [0.05, 0.1) is 0 Å². The predicted molar refractivity (Wildman–Crippen MR) is 80.5 cm³/mol. The Labute approximate surface area is 125 Å². The fraction of sp³-hybridized carbons (Fsp3) is 0.600. The average Bonchev–Trinajstić information content (AvgIpc) is 2.95. The number of nitrogens with zero attached hydrogens (tertiary/aromatic N) is 2. The summed E-state index contributed by atoms with van der Waals surface area (Å²) in [5, 5.41) is 3.19. The summed E-state index contributed by atoms with van der Waals surface area (Å²) in [5.41, 5.74) is 0.447. The molecule has 6 nitrogen and oxygen atoms in total. The highest BCUT2D eigenvalue weighted by molar-refractivity contribution is 5.93. The lowest BCUT2D eigenvalue weighted by molar-refractivity contribution is -0.00461. The fourth-order valence-corrected chi connectivity index (χ4v) is 2.43. The van der Waals surface area contributed by atoms with Crippen molar-refractivity contribution in [2.75, 3.05) is 39.2 Å². The molecule has 2 unspecified atom stereocenters. The summed E-state index contributed by atoms with van der Waals surface area (Å²) >= 11 is 0. The first-order valence-corrected chi connectivity index (χ1v) is 7.25. The molecule has 0 aromatic carbocycles. The van der Waals surface area contributed by atoms with Gasteiger partial charge in [-0.05, 0) is 18.6 Å². The highest BCUT2D eigenvalue weighted by atomic mass is 16.5. The second-order valence-corrected chi connectivity index (χ2v) is 5.09. The molecule has 1 amide bonds. The van der Waals surface area contributed by atoms with E-state index in [1.807, 2.05) is 12.1 Å². The zero-order valence-corrected chi connectivity index (χ0v) is 12.8. The summed E-state index contributed by atoms with van der Waals surface area (Å²) in [6, 6.07) is 5.45. The summed E-state index contributed by atoms with van der Waals surface area (Å²) in [4.78, 5) is 18.6. The van der Waals surface area contributed by atoms with Gasteiger partial charge >= 0.3 is 0 Å². The van der Waals surface area contributed by atoms with Gasteiger partial charge in [-0.2, -0.15) is 0 Å². The third kappa shape index (κ3) is 3.71. The molecule has 0 aliphatic carbocycles. The van der Waals surface area contributed by atoms with Crippen LogP contribution in [0.5, 0.6) is 0 Å². The standard InChI is InChI=1S/C15H23N3O3/c1-4-8-16-14-7-5-6-11(17-14)15(19)18-9-12(20-2)13(10-18)21-3/h5-7,12-13H,4,8-10H2,1-3H3,(H,16,17). The molecule has 0 saturated carbocycles. The molecule has 1 fully saturated rings. The van der Waals surface area contributed by atoms with Crippen LogP contribution < -0.4 is 5.32 Å². The summed E-state index contributed by atoms with van der Waals surface area (Å²) in [7, 11) is 3.27. The molecule has 0 spiro atoms. The number of aromatic nitrogens is 1. The minimum atomic E-state index is -0.0863. The summed E-state index contributed by atoms with van der Waals surface area (Å²) in [6.45, 7) is 3.98. The van der Waals surface area contributed by atoms with E-state index in [9.17, 15) is 4.79 Å². The van der Waals surface area contributed by atoms with Gasteiger partial charge in [0.2, 0.25) is 0 Å². The van der Waals surface area contributed by atoms with Crippen LogP contribution in [0.1, 0.15) is 23.8 Å². The predicted octanol–water partition coefficient (Wildman–Crippen LogP) is 1.39. The van der Waals surface area contributed by atoms with E-state index in [1.165, 1.54) is 0 Å². The smallest absolute Gasteiger partial charge is 0.272 e. The Bertz CT molecular complexity index is 469. The topological polar surface area (TPSA) is 63.7 Å². The van der Waals surface area contributed by atoms with Crippen molar-refractivity contribution in [3.8, 4) is 0 Å². The molecular formula is C15H23N3O3. The maximum Gasteiger partial charge on any atom is 0.272 e. The van der Waals surface area contributed by atoms with Crippen molar-refractivity contribution in [3.63, 3.8) is 0 Å². The lowest BCUT2D eigenvalue weighted by Gasteiger charge is -2.15. The van der Waals surface area contributed by atoms with Crippen molar-refractivity contribution in [3.05, 3.63) is 23.9 Å². The number of pyridine rings is 1. The van der Waals surface area contributed by atoms with Gasteiger partial charge in [-0.25, -0.2) is 4.98 Å². The highest BCUT2D eigenvalue weighted by Crippen LogP contribution is 2.18. The van der Waals surface area contributed by atoms with Crippen LogP contribution in [0.25, 0.3) is 0 Å². The molecule has 1 saturated heterocycles. The number of hydrogen-bond acceptors (Lipinski definition) is 5. The van der Waals surface area contributed by atoms with Gasteiger partial charge in [0.1, 0.15) is 23.7 Å². The van der Waals surface area contributed by atoms with Crippen molar-refractivity contribution in [1.29, 1.82) is 0 Å². The summed E-state index contributed by atoms with van der Waals surface area (Å²) in [5.74, 6) is 0.644. The van der Waals surface area contributed by atoms with Gasteiger partial charge in [-0.1, -0.05) is 13.0 Å². The third-order valence-corrected chi connectivity index (χ3v) is 3.63. The number of amides is 1. The van der Waals surface area contributed by atoms with Gasteiger partial charge in [-0.3, -0.25) is 4.79 Å². The number of likely N-dealkylation sites (tertiary alicyclic amines) is 1. The lowest BCUT2D eigenvalue weighted by atomic mass is 10.3. The quantitative estimate of drug-likeness (QED) is 0.858. The number of hydrogen-bond donors (Lipinski definition) is 1. The molecule has 0 bridgehead atoms. The van der Waals surface area contributed by atoms with Crippen LogP contribution in [0.3, 0.4) is 0 Å². The SMILES string of the molecule is CCCNc1cccc(C(=O)N2CC(OC)C(OC)C2)n1. The van der Waals surface area contributed by atoms with Crippen molar-refractivity contribution in [2.45, 2.75) is 25.6 Å². The van der Waals surface area contributed by atoms with E-state index < -0.39 is 0 Å². The zero-order chi connectivity index (χ0) is 15.2. The minimum Gasteiger partial charge on any atom is -0.377 e. The number of carbonyl (C=O) groups excluding carboxylic acids is 1. The molecule has 0 radical (unpaired) electrons. The number of rotatable bonds is 6. The van der Waals surface area contributed by atoms with Crippen LogP contribution in [-0.4, -0.2) is 61.9 Å². The number of nitrogens with one attached hydrogen (secondary N) is 1. The first kappa shape index (κ1) is 15.7. The molecule has 2 atom stereocenters. The highest BCUT2D eigenvalue weighted by Gasteiger charge is 2.36. The first-order chi connectivity index (χ1) is 10.2. The van der Waals surface area contributed by atoms with Gasteiger partial charge in [0.25, 0.3) is 5.91 Å². The maximum atomic E-state index is 12.5. The Kier molecular flexibility index (Phi) is 5.52. The van der Waals surface area contributed by atoms with Crippen LogP contribution in [0, 0.1) is 0 Å². The molecule has 1 N–H and O–H groups in total. The van der Waals surface area contributed by atoms with E-state index in [0.717, 1.165) is 18.8 Å². The number of methoxy groups -OCH3 is 2. The van der Waals surface area contributed by atoms with Gasteiger partial charge < -0.3 is 19.7 Å². The molecule has 21 heavy (non-hydrogen) atoms. The molecule has 116 valence electrons. The van der Waals surface area contributed by atoms with E-state index in [0.29, 0.717) is 18.8 Å². The Morgan fingerprint density at radius 1 is 1.33 bits per heavy atom. The molecule has 1 aliphatic heterocycles. The third-order valence-electron chi connectivity index (χ3n) is 3.63. The molecule has 1 aliphatic rings. The Morgan fingerprint density at radius 2 is 2.00 bits per heavy atom. The van der Waals surface area contributed by atoms with E-state index in [1.54, 1.807) is 25.2 Å². The van der Waals surface area contributed by atoms with Crippen LogP contribution in [-0.2, 0) is 9.47 Å². The second-order valence-electron chi connectivity index (χ2n) is 5.09. The van der Waals surface area contributed by atoms with Crippen LogP contribution in [0.4, 0.5) is 5.82 Å². The van der Waals surface area contributed by atoms with Crippen molar-refractivity contribution < 1.29 is 14.3 Å². The van der Waals surface area contributed by atoms with E-state index >= 15 is 0 Å². The summed E-state index contributed by atoms with van der Waals surface area (Å²) in [6.07, 6.45) is 0.845. The van der Waals surface area contributed by atoms with Gasteiger partial charge in [-0.15, -0.1) is 0 Å². The van der Waals surface area contributed by atoms with Crippen molar-refractivity contribution in [2.24, 2.45) is 0 Å². The van der Waals surface area contributed by atoms with Crippen LogP contribution in [0.15, 0.2) is 18.2 Å². The van der Waals surface area contributed by atoms with Crippen LogP contribution in [0.2, 0.25) is 0 Å². The first-order valence-electron chi connectivity index (χ1n) is 7.25. The molecule has 2 heterocycles. The largest absolute Gasteiger partial charge is 0.377 e. The maximum absolute atomic E-state index is 12.5. The Hall–Kier alpha value is -1.66. The van der Waals surface area contributed by atoms with Gasteiger partial charge in [0, 0.05) is 33.9 Å². The zero-order valence-electron chi connectivity index (χ0n) is 12.8. The number of anilines is 1. The van der Waals surface area contributed by atoms with Crippen molar-refractivity contribution >= 4 is 11.7 Å². The molecule has 2 rings (SSSR count). The molecule has 1 aromatic rings. The molecule has 6 heteroatoms. The lowest BCUT2D eigenvalue weighted by Crippen LogP contribution is -2.30. The van der Waals surface area contributed by atoms with Crippen molar-refractivity contribution in [1.82, 2.24) is 9.88 Å². The second kappa shape index (κ2) is 7.38. The normalized spacial score (nSPS) is 21.6. The summed E-state index contributed by atoms with van der Waals surface area (Å²) < 4.78 is 10.7. The average molecular weight is 293 g/mol. The van der Waals surface area contributed by atoms with E-state index in [4.69, 9.17) is 9.47 Å². The van der Waals surface area contributed by atoms with E-state index in [-0.39, 0.29) is 18.1 Å². The molecule has 1 aromatic heterocycles. The van der Waals surface area contributed by atoms with E-state index in [2.05, 4.69) is 17.2 Å². The van der Waals surface area contributed by atoms with Crippen LogP contribution >= 0.6 is 0 Å². The minimum absolute atomic E-state index is 0.0830. The van der Waals surface area contributed by atoms with Gasteiger partial charge in [0.15, 0.2) is 0 Å². The number of ether oxygens (including phenoxy) is 2. The Balaban J connectivity index is 2.06.